The van der Waals surface area contributed by atoms with Crippen LogP contribution in [-0.2, 0) is 11.2 Å². The highest BCUT2D eigenvalue weighted by Gasteiger charge is 2.51. The molecule has 7 nitrogen and oxygen atoms in total. The Balaban J connectivity index is 1.62. The van der Waals surface area contributed by atoms with E-state index in [0.29, 0.717) is 6.42 Å². The number of benzene rings is 2. The summed E-state index contributed by atoms with van der Waals surface area (Å²) < 4.78 is 0. The molecule has 5 rings (SSSR count). The molecule has 2 aromatic carbocycles. The summed E-state index contributed by atoms with van der Waals surface area (Å²) in [6.07, 6.45) is 0.387. The van der Waals surface area contributed by atoms with E-state index in [-0.39, 0.29) is 17.3 Å². The van der Waals surface area contributed by atoms with E-state index in [0.717, 1.165) is 27.1 Å². The minimum atomic E-state index is -1.43. The van der Waals surface area contributed by atoms with Crippen molar-refractivity contribution in [1.82, 2.24) is 9.88 Å². The van der Waals surface area contributed by atoms with Gasteiger partial charge in [0.25, 0.3) is 5.91 Å². The molecular weight excluding hydrogens is 358 g/mol. The summed E-state index contributed by atoms with van der Waals surface area (Å²) in [7, 11) is 0. The van der Waals surface area contributed by atoms with Gasteiger partial charge in [0, 0.05) is 28.6 Å². The zero-order chi connectivity index (χ0) is 19.6. The second-order valence-corrected chi connectivity index (χ2v) is 7.13. The average molecular weight is 374 g/mol. The van der Waals surface area contributed by atoms with Crippen LogP contribution in [0.15, 0.2) is 48.5 Å². The average Bonchev–Trinajstić information content (AvgIpc) is 3.18. The Kier molecular flexibility index (Phi) is 3.37. The normalized spacial score (nSPS) is 21.2. The third-order valence-electron chi connectivity index (χ3n) is 5.70. The molecule has 140 valence electrons. The van der Waals surface area contributed by atoms with E-state index in [4.69, 9.17) is 0 Å². The molecule has 0 bridgehead atoms. The summed E-state index contributed by atoms with van der Waals surface area (Å²) in [4.78, 5) is 43.7. The van der Waals surface area contributed by atoms with Crippen LogP contribution in [0.1, 0.15) is 34.6 Å². The second-order valence-electron chi connectivity index (χ2n) is 7.13. The van der Waals surface area contributed by atoms with E-state index in [2.05, 4.69) is 4.98 Å². The van der Waals surface area contributed by atoms with Gasteiger partial charge in [-0.05, 0) is 24.6 Å². The van der Waals surface area contributed by atoms with Crippen LogP contribution in [0.5, 0.6) is 0 Å². The van der Waals surface area contributed by atoms with Crippen LogP contribution in [0.25, 0.3) is 10.9 Å². The van der Waals surface area contributed by atoms with Crippen LogP contribution in [-0.4, -0.2) is 33.8 Å². The number of nitrogens with zero attached hydrogens (tertiary/aromatic N) is 2. The SMILES string of the molecule is C[C@H]1c2[nH]c3ccccc3c2C[C@H]2C(=O)N(c3ccccc3C(=O)[O-])C(=O)N21. The van der Waals surface area contributed by atoms with E-state index >= 15 is 0 Å². The van der Waals surface area contributed by atoms with Gasteiger partial charge in [-0.25, -0.2) is 9.69 Å². The maximum Gasteiger partial charge on any atom is 0.332 e. The van der Waals surface area contributed by atoms with E-state index in [9.17, 15) is 19.5 Å². The molecular formula is C21H16N3O4-. The number of aromatic amines is 1. The molecule has 28 heavy (non-hydrogen) atoms. The van der Waals surface area contributed by atoms with Gasteiger partial charge in [0.05, 0.1) is 17.7 Å². The number of carboxylic acid groups (broad SMARTS) is 1. The van der Waals surface area contributed by atoms with Crippen molar-refractivity contribution in [3.63, 3.8) is 0 Å². The Morgan fingerprint density at radius 1 is 1.11 bits per heavy atom. The molecule has 0 unspecified atom stereocenters. The maximum atomic E-state index is 13.2. The number of carbonyl (C=O) groups excluding carboxylic acids is 3. The van der Waals surface area contributed by atoms with Crippen molar-refractivity contribution in [2.24, 2.45) is 0 Å². The van der Waals surface area contributed by atoms with E-state index in [1.807, 2.05) is 31.2 Å². The molecule has 7 heteroatoms. The monoisotopic (exact) mass is 374 g/mol. The van der Waals surface area contributed by atoms with Crippen molar-refractivity contribution in [1.29, 1.82) is 0 Å². The molecule has 0 aliphatic carbocycles. The molecule has 1 aromatic heterocycles. The minimum absolute atomic E-state index is 0.0487. The molecule has 0 radical (unpaired) electrons. The van der Waals surface area contributed by atoms with Gasteiger partial charge in [0.15, 0.2) is 0 Å². The molecule has 1 fully saturated rings. The number of rotatable bonds is 2. The number of aromatic nitrogens is 1. The quantitative estimate of drug-likeness (QED) is 0.694. The number of hydrogen-bond acceptors (Lipinski definition) is 4. The number of H-pyrrole nitrogens is 1. The first-order chi connectivity index (χ1) is 13.5. The van der Waals surface area contributed by atoms with Crippen LogP contribution in [0.3, 0.4) is 0 Å². The van der Waals surface area contributed by atoms with Crippen LogP contribution in [0.4, 0.5) is 10.5 Å². The number of imide groups is 1. The number of carboxylic acids is 1. The number of hydrogen-bond donors (Lipinski definition) is 1. The van der Waals surface area contributed by atoms with Crippen LogP contribution < -0.4 is 10.0 Å². The fraction of sp³-hybridized carbons (Fsp3) is 0.190. The highest BCUT2D eigenvalue weighted by atomic mass is 16.4. The molecule has 0 spiro atoms. The predicted molar refractivity (Wildman–Crippen MR) is 99.7 cm³/mol. The van der Waals surface area contributed by atoms with Crippen LogP contribution in [0, 0.1) is 0 Å². The van der Waals surface area contributed by atoms with Gasteiger partial charge in [0.1, 0.15) is 6.04 Å². The number of fused-ring (bicyclic) bond motifs is 4. The zero-order valence-electron chi connectivity index (χ0n) is 15.0. The van der Waals surface area contributed by atoms with Gasteiger partial charge < -0.3 is 19.8 Å². The minimum Gasteiger partial charge on any atom is -0.545 e. The second kappa shape index (κ2) is 5.69. The summed E-state index contributed by atoms with van der Waals surface area (Å²) in [6.45, 7) is 1.87. The largest absolute Gasteiger partial charge is 0.545 e. The Labute approximate surface area is 160 Å². The lowest BCUT2D eigenvalue weighted by Crippen LogP contribution is -2.42. The number of anilines is 1. The number of aromatic carboxylic acids is 1. The first-order valence-electron chi connectivity index (χ1n) is 9.05. The standard InChI is InChI=1S/C21H17N3O4/c1-11-18-14(12-6-2-4-8-15(12)22-18)10-17-19(25)24(21(28)23(11)17)16-9-5-3-7-13(16)20(26)27/h2-9,11,17,22H,10H2,1H3,(H,26,27)/p-1/t11-,17-/m0/s1. The maximum absolute atomic E-state index is 13.2. The fourth-order valence-corrected chi connectivity index (χ4v) is 4.43. The molecule has 1 N–H and O–H groups in total. The van der Waals surface area contributed by atoms with E-state index in [1.165, 1.54) is 23.1 Å². The number of nitrogens with one attached hydrogen (secondary N) is 1. The summed E-state index contributed by atoms with van der Waals surface area (Å²) in [5.41, 5.74) is 2.78. The molecule has 3 heterocycles. The smallest absolute Gasteiger partial charge is 0.332 e. The molecule has 2 aliphatic rings. The van der Waals surface area contributed by atoms with Gasteiger partial charge in [-0.3, -0.25) is 4.79 Å². The van der Waals surface area contributed by atoms with Crippen molar-refractivity contribution in [3.05, 3.63) is 65.4 Å². The zero-order valence-corrected chi connectivity index (χ0v) is 15.0. The summed E-state index contributed by atoms with van der Waals surface area (Å²) >= 11 is 0. The topological polar surface area (TPSA) is 96.5 Å². The van der Waals surface area contributed by atoms with Gasteiger partial charge in [-0.2, -0.15) is 0 Å². The van der Waals surface area contributed by atoms with Crippen molar-refractivity contribution >= 4 is 34.5 Å². The molecule has 1 saturated heterocycles. The first-order valence-corrected chi connectivity index (χ1v) is 9.05. The Morgan fingerprint density at radius 2 is 1.82 bits per heavy atom. The van der Waals surface area contributed by atoms with Crippen molar-refractivity contribution in [2.45, 2.75) is 25.4 Å². The van der Waals surface area contributed by atoms with Gasteiger partial charge in [-0.1, -0.05) is 36.4 Å². The highest BCUT2D eigenvalue weighted by Crippen LogP contribution is 2.42. The van der Waals surface area contributed by atoms with Crippen molar-refractivity contribution < 1.29 is 19.5 Å². The van der Waals surface area contributed by atoms with Gasteiger partial charge >= 0.3 is 6.03 Å². The van der Waals surface area contributed by atoms with E-state index in [1.54, 1.807) is 6.07 Å². The fourth-order valence-electron chi connectivity index (χ4n) is 4.43. The number of para-hydroxylation sites is 2. The predicted octanol–water partition coefficient (Wildman–Crippen LogP) is 1.99. The van der Waals surface area contributed by atoms with Crippen LogP contribution >= 0.6 is 0 Å². The molecule has 2 atom stereocenters. The number of amides is 3. The van der Waals surface area contributed by atoms with Crippen LogP contribution in [0.2, 0.25) is 0 Å². The molecule has 3 aromatic rings. The van der Waals surface area contributed by atoms with Crippen molar-refractivity contribution in [3.8, 4) is 0 Å². The molecule has 3 amide bonds. The summed E-state index contributed by atoms with van der Waals surface area (Å²) in [6, 6.07) is 12.3. The van der Waals surface area contributed by atoms with E-state index < -0.39 is 23.9 Å². The first kappa shape index (κ1) is 16.6. The molecule has 0 saturated carbocycles. The Morgan fingerprint density at radius 3 is 2.61 bits per heavy atom. The number of urea groups is 1. The highest BCUT2D eigenvalue weighted by molar-refractivity contribution is 6.23. The number of carbonyl (C=O) groups is 3. The molecule has 2 aliphatic heterocycles. The third-order valence-corrected chi connectivity index (χ3v) is 5.70. The lowest BCUT2D eigenvalue weighted by molar-refractivity contribution is -0.254. The third kappa shape index (κ3) is 2.07. The summed E-state index contributed by atoms with van der Waals surface area (Å²) in [5, 5.41) is 12.5. The lowest BCUT2D eigenvalue weighted by atomic mass is 9.93. The Hall–Kier alpha value is -3.61. The van der Waals surface area contributed by atoms with Gasteiger partial charge in [-0.15, -0.1) is 0 Å². The van der Waals surface area contributed by atoms with Crippen molar-refractivity contribution in [2.75, 3.05) is 4.90 Å². The lowest BCUT2D eigenvalue weighted by Gasteiger charge is -2.33. The summed E-state index contributed by atoms with van der Waals surface area (Å²) in [5.74, 6) is -1.84. The van der Waals surface area contributed by atoms with Gasteiger partial charge in [0.2, 0.25) is 0 Å². The Bertz CT molecular complexity index is 1170.